The van der Waals surface area contributed by atoms with Gasteiger partial charge in [-0.05, 0) is 24.3 Å². The Morgan fingerprint density at radius 1 is 0.920 bits per heavy atom. The molecule has 25 heavy (non-hydrogen) atoms. The molecule has 1 aliphatic heterocycles. The molecule has 0 saturated carbocycles. The highest BCUT2D eigenvalue weighted by molar-refractivity contribution is 7.90. The first kappa shape index (κ1) is 17.2. The van der Waals surface area contributed by atoms with Crippen LogP contribution in [0.2, 0.25) is 0 Å². The van der Waals surface area contributed by atoms with Gasteiger partial charge >= 0.3 is 5.69 Å². The van der Waals surface area contributed by atoms with Crippen LogP contribution in [-0.2, 0) is 9.84 Å². The molecule has 1 saturated heterocycles. The zero-order valence-electron chi connectivity index (χ0n) is 13.8. The predicted molar refractivity (Wildman–Crippen MR) is 97.1 cm³/mol. The van der Waals surface area contributed by atoms with Crippen LogP contribution in [0.15, 0.2) is 53.4 Å². The molecule has 1 heterocycles. The highest BCUT2D eigenvalue weighted by Crippen LogP contribution is 2.35. The molecule has 132 valence electrons. The highest BCUT2D eigenvalue weighted by atomic mass is 32.2. The fraction of sp³-hybridized carbons (Fsp3) is 0.294. The molecule has 3 rings (SSSR count). The van der Waals surface area contributed by atoms with Crippen LogP contribution < -0.4 is 9.80 Å². The molecule has 0 atom stereocenters. The molecule has 1 aliphatic rings. The van der Waals surface area contributed by atoms with Crippen molar-refractivity contribution in [1.29, 1.82) is 0 Å². The Morgan fingerprint density at radius 2 is 1.52 bits per heavy atom. The number of para-hydroxylation sites is 2. The minimum Gasteiger partial charge on any atom is -0.368 e. The monoisotopic (exact) mass is 361 g/mol. The fourth-order valence-electron chi connectivity index (χ4n) is 3.09. The van der Waals surface area contributed by atoms with Crippen LogP contribution in [0, 0.1) is 10.1 Å². The van der Waals surface area contributed by atoms with Crippen molar-refractivity contribution in [1.82, 2.24) is 0 Å². The number of rotatable bonds is 4. The first-order valence-electron chi connectivity index (χ1n) is 7.90. The predicted octanol–water partition coefficient (Wildman–Crippen LogP) is 2.32. The number of hydrogen-bond donors (Lipinski definition) is 0. The SMILES string of the molecule is CS(=O)(=O)c1cccc(N2CCN(c3ccccc3)CC2)c1[N+](=O)[O-]. The fourth-order valence-corrected chi connectivity index (χ4v) is 3.95. The normalized spacial score (nSPS) is 15.2. The summed E-state index contributed by atoms with van der Waals surface area (Å²) in [6.07, 6.45) is 0.993. The zero-order chi connectivity index (χ0) is 18.0. The molecule has 7 nitrogen and oxygen atoms in total. The van der Waals surface area contributed by atoms with Gasteiger partial charge in [0, 0.05) is 38.1 Å². The van der Waals surface area contributed by atoms with Crippen LogP contribution in [-0.4, -0.2) is 45.8 Å². The zero-order valence-corrected chi connectivity index (χ0v) is 14.6. The Balaban J connectivity index is 1.88. The minimum atomic E-state index is -3.67. The van der Waals surface area contributed by atoms with Crippen LogP contribution >= 0.6 is 0 Å². The molecule has 2 aromatic carbocycles. The maximum atomic E-state index is 11.9. The second kappa shape index (κ2) is 6.72. The quantitative estimate of drug-likeness (QED) is 0.614. The summed E-state index contributed by atoms with van der Waals surface area (Å²) < 4.78 is 23.8. The molecule has 0 radical (unpaired) electrons. The van der Waals surface area contributed by atoms with Crippen LogP contribution in [0.4, 0.5) is 17.1 Å². The number of nitrogens with zero attached hydrogens (tertiary/aromatic N) is 3. The van der Waals surface area contributed by atoms with Gasteiger partial charge in [0.05, 0.1) is 4.92 Å². The third-order valence-corrected chi connectivity index (χ3v) is 5.43. The van der Waals surface area contributed by atoms with Gasteiger partial charge in [0.25, 0.3) is 0 Å². The summed E-state index contributed by atoms with van der Waals surface area (Å²) in [6, 6.07) is 14.4. The topological polar surface area (TPSA) is 83.8 Å². The molecule has 0 unspecified atom stereocenters. The van der Waals surface area contributed by atoms with Crippen LogP contribution in [0.1, 0.15) is 0 Å². The second-order valence-corrected chi connectivity index (χ2v) is 7.95. The van der Waals surface area contributed by atoms with Crippen molar-refractivity contribution >= 4 is 26.9 Å². The van der Waals surface area contributed by atoms with Gasteiger partial charge in [-0.1, -0.05) is 24.3 Å². The van der Waals surface area contributed by atoms with Crippen molar-refractivity contribution in [3.8, 4) is 0 Å². The van der Waals surface area contributed by atoms with E-state index in [0.29, 0.717) is 31.9 Å². The number of sulfone groups is 1. The average Bonchev–Trinajstić information content (AvgIpc) is 2.61. The molecule has 0 N–H and O–H groups in total. The summed E-state index contributed by atoms with van der Waals surface area (Å²) in [5.74, 6) is 0. The molecular weight excluding hydrogens is 342 g/mol. The largest absolute Gasteiger partial charge is 0.368 e. The summed E-state index contributed by atoms with van der Waals surface area (Å²) in [7, 11) is -3.67. The van der Waals surface area contributed by atoms with E-state index in [2.05, 4.69) is 4.90 Å². The molecule has 0 spiro atoms. The number of nitro groups is 1. The Hall–Kier alpha value is -2.61. The number of benzene rings is 2. The maximum Gasteiger partial charge on any atom is 0.311 e. The van der Waals surface area contributed by atoms with Gasteiger partial charge in [-0.2, -0.15) is 0 Å². The van der Waals surface area contributed by atoms with Gasteiger partial charge in [-0.3, -0.25) is 10.1 Å². The van der Waals surface area contributed by atoms with Crippen LogP contribution in [0.3, 0.4) is 0 Å². The first-order valence-corrected chi connectivity index (χ1v) is 9.79. The van der Waals surface area contributed by atoms with Gasteiger partial charge in [0.1, 0.15) is 10.6 Å². The number of anilines is 2. The molecule has 0 bridgehead atoms. The molecule has 0 aromatic heterocycles. The van der Waals surface area contributed by atoms with Gasteiger partial charge in [-0.15, -0.1) is 0 Å². The molecular formula is C17H19N3O4S. The summed E-state index contributed by atoms with van der Waals surface area (Å²) in [5.41, 5.74) is 1.14. The van der Waals surface area contributed by atoms with Crippen molar-refractivity contribution in [3.63, 3.8) is 0 Å². The average molecular weight is 361 g/mol. The molecule has 2 aromatic rings. The van der Waals surface area contributed by atoms with Gasteiger partial charge in [0.15, 0.2) is 9.84 Å². The van der Waals surface area contributed by atoms with Gasteiger partial charge < -0.3 is 9.80 Å². The van der Waals surface area contributed by atoms with E-state index in [-0.39, 0.29) is 10.6 Å². The van der Waals surface area contributed by atoms with E-state index in [0.717, 1.165) is 11.9 Å². The lowest BCUT2D eigenvalue weighted by Crippen LogP contribution is -2.46. The Morgan fingerprint density at radius 3 is 2.08 bits per heavy atom. The van der Waals surface area contributed by atoms with E-state index in [4.69, 9.17) is 0 Å². The molecule has 0 amide bonds. The van der Waals surface area contributed by atoms with Crippen LogP contribution in [0.5, 0.6) is 0 Å². The standard InChI is InChI=1S/C17H19N3O4S/c1-25(23,24)16-9-5-8-15(17(16)20(21)22)19-12-10-18(11-13-19)14-6-3-2-4-7-14/h2-9H,10-13H2,1H3. The number of hydrogen-bond acceptors (Lipinski definition) is 6. The second-order valence-electron chi connectivity index (χ2n) is 5.96. The summed E-state index contributed by atoms with van der Waals surface area (Å²) in [5, 5.41) is 11.5. The van der Waals surface area contributed by atoms with Crippen molar-refractivity contribution in [2.24, 2.45) is 0 Å². The van der Waals surface area contributed by atoms with Crippen molar-refractivity contribution < 1.29 is 13.3 Å². The Bertz CT molecular complexity index is 876. The highest BCUT2D eigenvalue weighted by Gasteiger charge is 2.30. The van der Waals surface area contributed by atoms with E-state index in [1.807, 2.05) is 35.2 Å². The summed E-state index contributed by atoms with van der Waals surface area (Å²) in [6.45, 7) is 2.60. The lowest BCUT2D eigenvalue weighted by molar-refractivity contribution is -0.387. The first-order chi connectivity index (χ1) is 11.9. The lowest BCUT2D eigenvalue weighted by atomic mass is 10.2. The third-order valence-electron chi connectivity index (χ3n) is 4.30. The van der Waals surface area contributed by atoms with E-state index in [1.165, 1.54) is 6.07 Å². The van der Waals surface area contributed by atoms with E-state index in [1.54, 1.807) is 12.1 Å². The maximum absolute atomic E-state index is 11.9. The lowest BCUT2D eigenvalue weighted by Gasteiger charge is -2.37. The Labute approximate surface area is 146 Å². The van der Waals surface area contributed by atoms with Gasteiger partial charge in [-0.25, -0.2) is 8.42 Å². The molecule has 1 fully saturated rings. The molecule has 0 aliphatic carbocycles. The Kier molecular flexibility index (Phi) is 4.63. The minimum absolute atomic E-state index is 0.236. The smallest absolute Gasteiger partial charge is 0.311 e. The summed E-state index contributed by atoms with van der Waals surface area (Å²) >= 11 is 0. The van der Waals surface area contributed by atoms with Crippen molar-refractivity contribution in [2.75, 3.05) is 42.2 Å². The van der Waals surface area contributed by atoms with E-state index < -0.39 is 14.8 Å². The van der Waals surface area contributed by atoms with E-state index in [9.17, 15) is 18.5 Å². The number of nitro benzene ring substituents is 1. The molecule has 8 heteroatoms. The third kappa shape index (κ3) is 3.58. The van der Waals surface area contributed by atoms with Gasteiger partial charge in [0.2, 0.25) is 0 Å². The van der Waals surface area contributed by atoms with Crippen LogP contribution in [0.25, 0.3) is 0 Å². The summed E-state index contributed by atoms with van der Waals surface area (Å²) in [4.78, 5) is 14.8. The van der Waals surface area contributed by atoms with Crippen molar-refractivity contribution in [3.05, 3.63) is 58.6 Å². The van der Waals surface area contributed by atoms with Crippen molar-refractivity contribution in [2.45, 2.75) is 4.90 Å². The number of piperazine rings is 1. The van der Waals surface area contributed by atoms with E-state index >= 15 is 0 Å².